The van der Waals surface area contributed by atoms with Crippen LogP contribution in [-0.4, -0.2) is 43.8 Å². The van der Waals surface area contributed by atoms with E-state index in [-0.39, 0.29) is 11.8 Å². The lowest BCUT2D eigenvalue weighted by Crippen LogP contribution is -2.40. The molecule has 0 bridgehead atoms. The molecule has 1 aliphatic carbocycles. The second-order valence-electron chi connectivity index (χ2n) is 7.76. The van der Waals surface area contributed by atoms with Crippen molar-refractivity contribution in [3.63, 3.8) is 0 Å². The van der Waals surface area contributed by atoms with E-state index in [2.05, 4.69) is 5.32 Å². The molecule has 2 fully saturated rings. The van der Waals surface area contributed by atoms with Crippen LogP contribution in [0.1, 0.15) is 44.9 Å². The van der Waals surface area contributed by atoms with E-state index in [4.69, 9.17) is 9.47 Å². The fourth-order valence-corrected chi connectivity index (χ4v) is 5.03. The van der Waals surface area contributed by atoms with Gasteiger partial charge in [-0.25, -0.2) is 12.7 Å². The van der Waals surface area contributed by atoms with Crippen LogP contribution < -0.4 is 14.8 Å². The van der Waals surface area contributed by atoms with Crippen LogP contribution in [0.3, 0.4) is 0 Å². The van der Waals surface area contributed by atoms with E-state index in [1.807, 2.05) is 18.2 Å². The molecule has 8 heteroatoms. The molecule has 0 atom stereocenters. The predicted octanol–water partition coefficient (Wildman–Crippen LogP) is 2.73. The smallest absolute Gasteiger partial charge is 0.251 e. The Balaban J connectivity index is 1.37. The molecule has 2 aliphatic heterocycles. The van der Waals surface area contributed by atoms with Crippen LogP contribution in [0.15, 0.2) is 18.2 Å². The van der Waals surface area contributed by atoms with Gasteiger partial charge in [0.15, 0.2) is 11.5 Å². The second-order valence-corrected chi connectivity index (χ2v) is 9.74. The molecule has 1 saturated heterocycles. The maximum atomic E-state index is 12.6. The van der Waals surface area contributed by atoms with Gasteiger partial charge in [0.05, 0.1) is 6.26 Å². The first-order valence-corrected chi connectivity index (χ1v) is 11.5. The van der Waals surface area contributed by atoms with E-state index >= 15 is 0 Å². The molecular weight excluding hydrogens is 368 g/mol. The van der Waals surface area contributed by atoms with E-state index in [9.17, 15) is 13.2 Å². The maximum absolute atomic E-state index is 12.6. The van der Waals surface area contributed by atoms with Crippen molar-refractivity contribution in [2.45, 2.75) is 50.7 Å². The third kappa shape index (κ3) is 3.91. The van der Waals surface area contributed by atoms with Crippen molar-refractivity contribution in [2.75, 3.05) is 24.7 Å². The van der Waals surface area contributed by atoms with Gasteiger partial charge in [0.25, 0.3) is 5.79 Å². The Morgan fingerprint density at radius 3 is 2.44 bits per heavy atom. The normalized spacial score (nSPS) is 22.7. The first kappa shape index (κ1) is 18.6. The Labute approximate surface area is 160 Å². The standard InChI is InChI=1S/C19H26N2O5S/c1-27(23,24)21-11-7-14(8-12-21)18(22)20-15-5-6-16-17(13-15)26-19(25-16)9-3-2-4-10-19/h5-6,13-14H,2-4,7-12H2,1H3,(H,20,22). The molecule has 7 nitrogen and oxygen atoms in total. The average Bonchev–Trinajstić information content (AvgIpc) is 2.98. The van der Waals surface area contributed by atoms with E-state index in [0.29, 0.717) is 37.4 Å². The summed E-state index contributed by atoms with van der Waals surface area (Å²) >= 11 is 0. The molecule has 1 saturated carbocycles. The molecule has 1 aromatic carbocycles. The zero-order chi connectivity index (χ0) is 19.1. The molecule has 4 rings (SSSR count). The van der Waals surface area contributed by atoms with Gasteiger partial charge in [-0.15, -0.1) is 0 Å². The number of benzene rings is 1. The number of sulfonamides is 1. The Morgan fingerprint density at radius 2 is 1.78 bits per heavy atom. The van der Waals surface area contributed by atoms with Crippen molar-refractivity contribution in [1.82, 2.24) is 4.31 Å². The summed E-state index contributed by atoms with van der Waals surface area (Å²) < 4.78 is 36.8. The molecule has 3 aliphatic rings. The number of carbonyl (C=O) groups is 1. The largest absolute Gasteiger partial charge is 0.448 e. The van der Waals surface area contributed by atoms with Gasteiger partial charge in [0, 0.05) is 43.6 Å². The second kappa shape index (κ2) is 6.98. The van der Waals surface area contributed by atoms with Gasteiger partial charge in [0.1, 0.15) is 0 Å². The molecule has 0 aromatic heterocycles. The highest BCUT2D eigenvalue weighted by atomic mass is 32.2. The fraction of sp³-hybridized carbons (Fsp3) is 0.632. The van der Waals surface area contributed by atoms with Crippen LogP contribution in [0.2, 0.25) is 0 Å². The number of hydrogen-bond donors (Lipinski definition) is 1. The quantitative estimate of drug-likeness (QED) is 0.852. The number of fused-ring (bicyclic) bond motifs is 1. The highest BCUT2D eigenvalue weighted by molar-refractivity contribution is 7.88. The number of nitrogens with zero attached hydrogens (tertiary/aromatic N) is 1. The van der Waals surface area contributed by atoms with Gasteiger partial charge < -0.3 is 14.8 Å². The number of hydrogen-bond acceptors (Lipinski definition) is 5. The summed E-state index contributed by atoms with van der Waals surface area (Å²) in [4.78, 5) is 12.6. The number of nitrogens with one attached hydrogen (secondary N) is 1. The van der Waals surface area contributed by atoms with Gasteiger partial charge in [-0.2, -0.15) is 0 Å². The minimum Gasteiger partial charge on any atom is -0.448 e. The van der Waals surface area contributed by atoms with E-state index < -0.39 is 15.8 Å². The number of carbonyl (C=O) groups excluding carboxylic acids is 1. The van der Waals surface area contributed by atoms with Gasteiger partial charge in [-0.05, 0) is 37.8 Å². The maximum Gasteiger partial charge on any atom is 0.251 e. The Bertz CT molecular complexity index is 825. The zero-order valence-corrected chi connectivity index (χ0v) is 16.4. The Hall–Kier alpha value is -1.80. The van der Waals surface area contributed by atoms with Crippen LogP contribution in [-0.2, 0) is 14.8 Å². The Morgan fingerprint density at radius 1 is 1.11 bits per heavy atom. The van der Waals surface area contributed by atoms with E-state index in [1.54, 1.807) is 0 Å². The van der Waals surface area contributed by atoms with Gasteiger partial charge >= 0.3 is 0 Å². The molecule has 1 amide bonds. The molecule has 27 heavy (non-hydrogen) atoms. The number of ether oxygens (including phenoxy) is 2. The summed E-state index contributed by atoms with van der Waals surface area (Å²) in [6.07, 6.45) is 7.47. The van der Waals surface area contributed by atoms with Crippen LogP contribution >= 0.6 is 0 Å². The van der Waals surface area contributed by atoms with Gasteiger partial charge in [-0.1, -0.05) is 6.42 Å². The highest BCUT2D eigenvalue weighted by Crippen LogP contribution is 2.46. The lowest BCUT2D eigenvalue weighted by molar-refractivity contribution is -0.120. The minimum absolute atomic E-state index is 0.0746. The topological polar surface area (TPSA) is 84.9 Å². The molecule has 0 radical (unpaired) electrons. The first-order chi connectivity index (χ1) is 12.8. The molecule has 1 N–H and O–H groups in total. The summed E-state index contributed by atoms with van der Waals surface area (Å²) in [5.41, 5.74) is 0.681. The summed E-state index contributed by atoms with van der Waals surface area (Å²) in [5, 5.41) is 2.94. The molecular formula is C19H26N2O5S. The molecule has 1 aromatic rings. The minimum atomic E-state index is -3.18. The van der Waals surface area contributed by atoms with Crippen LogP contribution in [0.5, 0.6) is 11.5 Å². The van der Waals surface area contributed by atoms with E-state index in [1.165, 1.54) is 17.0 Å². The number of piperidine rings is 1. The third-order valence-corrected chi connectivity index (χ3v) is 7.02. The lowest BCUT2D eigenvalue weighted by Gasteiger charge is -2.31. The van der Waals surface area contributed by atoms with Crippen molar-refractivity contribution in [3.05, 3.63) is 18.2 Å². The van der Waals surface area contributed by atoms with Gasteiger partial charge in [-0.3, -0.25) is 4.79 Å². The number of anilines is 1. The Kier molecular flexibility index (Phi) is 4.80. The zero-order valence-electron chi connectivity index (χ0n) is 15.6. The molecule has 1 spiro atoms. The number of rotatable bonds is 3. The summed E-state index contributed by atoms with van der Waals surface area (Å²) in [6, 6.07) is 5.50. The first-order valence-electron chi connectivity index (χ1n) is 9.63. The summed E-state index contributed by atoms with van der Waals surface area (Å²) in [5.74, 6) is 0.632. The number of amides is 1. The van der Waals surface area contributed by atoms with Crippen molar-refractivity contribution in [1.29, 1.82) is 0 Å². The third-order valence-electron chi connectivity index (χ3n) is 5.71. The fourth-order valence-electron chi connectivity index (χ4n) is 4.16. The SMILES string of the molecule is CS(=O)(=O)N1CCC(C(=O)Nc2ccc3c(c2)OC2(CCCCC2)O3)CC1. The molecule has 2 heterocycles. The van der Waals surface area contributed by atoms with Crippen LogP contribution in [0.4, 0.5) is 5.69 Å². The summed E-state index contributed by atoms with van der Waals surface area (Å²) in [6.45, 7) is 0.779. The van der Waals surface area contributed by atoms with Gasteiger partial charge in [0.2, 0.25) is 15.9 Å². The molecule has 148 valence electrons. The average molecular weight is 394 g/mol. The highest BCUT2D eigenvalue weighted by Gasteiger charge is 2.42. The van der Waals surface area contributed by atoms with Crippen molar-refractivity contribution < 1.29 is 22.7 Å². The van der Waals surface area contributed by atoms with E-state index in [0.717, 1.165) is 31.4 Å². The molecule has 0 unspecified atom stereocenters. The van der Waals surface area contributed by atoms with Crippen LogP contribution in [0, 0.1) is 5.92 Å². The van der Waals surface area contributed by atoms with Crippen molar-refractivity contribution in [2.24, 2.45) is 5.92 Å². The van der Waals surface area contributed by atoms with Crippen LogP contribution in [0.25, 0.3) is 0 Å². The predicted molar refractivity (Wildman–Crippen MR) is 101 cm³/mol. The lowest BCUT2D eigenvalue weighted by atomic mass is 9.94. The van der Waals surface area contributed by atoms with Crippen molar-refractivity contribution in [3.8, 4) is 11.5 Å². The van der Waals surface area contributed by atoms with Crippen molar-refractivity contribution >= 4 is 21.6 Å². The monoisotopic (exact) mass is 394 g/mol. The summed E-state index contributed by atoms with van der Waals surface area (Å²) in [7, 11) is -3.18.